The lowest BCUT2D eigenvalue weighted by atomic mass is 9.99. The number of carbonyl (C=O) groups is 2. The first-order valence-corrected chi connectivity index (χ1v) is 9.50. The second kappa shape index (κ2) is 8.45. The molecule has 7 heteroatoms. The molecule has 0 radical (unpaired) electrons. The van der Waals surface area contributed by atoms with E-state index in [2.05, 4.69) is 0 Å². The molecule has 0 aliphatic carbocycles. The van der Waals surface area contributed by atoms with Crippen molar-refractivity contribution < 1.29 is 19.1 Å². The second-order valence-electron chi connectivity index (χ2n) is 5.93. The lowest BCUT2D eigenvalue weighted by molar-refractivity contribution is -0.137. The number of carboxylic acid groups (broad SMARTS) is 1. The van der Waals surface area contributed by atoms with Crippen molar-refractivity contribution >= 4 is 46.3 Å². The van der Waals surface area contributed by atoms with Crippen LogP contribution in [0.4, 0.5) is 4.39 Å². The highest BCUT2D eigenvalue weighted by Gasteiger charge is 2.31. The van der Waals surface area contributed by atoms with E-state index in [-0.39, 0.29) is 24.7 Å². The molecule has 4 nitrogen and oxygen atoms in total. The molecular weight excluding hydrogens is 385 g/mol. The number of hydrogen-bond donors (Lipinski definition) is 1. The van der Waals surface area contributed by atoms with Crippen molar-refractivity contribution in [1.82, 2.24) is 4.90 Å². The third kappa shape index (κ3) is 4.61. The minimum atomic E-state index is -0.903. The van der Waals surface area contributed by atoms with Gasteiger partial charge in [-0.15, -0.1) is 0 Å². The first-order valence-electron chi connectivity index (χ1n) is 8.28. The van der Waals surface area contributed by atoms with Gasteiger partial charge in [-0.05, 0) is 41.3 Å². The van der Waals surface area contributed by atoms with Gasteiger partial charge in [0.25, 0.3) is 5.91 Å². The average Bonchev–Trinajstić information content (AvgIpc) is 2.89. The first-order chi connectivity index (χ1) is 13.0. The zero-order valence-corrected chi connectivity index (χ0v) is 15.9. The molecule has 0 aromatic heterocycles. The summed E-state index contributed by atoms with van der Waals surface area (Å²) in [6.07, 6.45) is 2.07. The van der Waals surface area contributed by atoms with Crippen LogP contribution in [0.2, 0.25) is 0 Å². The number of aliphatic carboxylic acids is 1. The SMILES string of the molecule is O=C(O)CCCN1C(=O)C(=Cc2ccccc2-c2cccc(F)c2)SC1=S. The maximum Gasteiger partial charge on any atom is 0.303 e. The number of amides is 1. The first kappa shape index (κ1) is 19.3. The van der Waals surface area contributed by atoms with E-state index >= 15 is 0 Å². The van der Waals surface area contributed by atoms with E-state index in [0.717, 1.165) is 16.7 Å². The molecular formula is C20H16FNO3S2. The summed E-state index contributed by atoms with van der Waals surface area (Å²) in [5.41, 5.74) is 2.32. The van der Waals surface area contributed by atoms with Gasteiger partial charge in [0, 0.05) is 13.0 Å². The number of nitrogens with zero attached hydrogens (tertiary/aromatic N) is 1. The number of thiocarbonyl (C=S) groups is 1. The molecule has 2 aromatic rings. The minimum Gasteiger partial charge on any atom is -0.481 e. The van der Waals surface area contributed by atoms with Gasteiger partial charge in [0.2, 0.25) is 0 Å². The Morgan fingerprint density at radius 1 is 1.22 bits per heavy atom. The summed E-state index contributed by atoms with van der Waals surface area (Å²) in [6.45, 7) is 0.278. The van der Waals surface area contributed by atoms with E-state index in [4.69, 9.17) is 17.3 Å². The largest absolute Gasteiger partial charge is 0.481 e. The Bertz CT molecular complexity index is 942. The third-order valence-corrected chi connectivity index (χ3v) is 5.41. The summed E-state index contributed by atoms with van der Waals surface area (Å²) < 4.78 is 14.0. The Kier molecular flexibility index (Phi) is 6.03. The Balaban J connectivity index is 1.86. The fourth-order valence-electron chi connectivity index (χ4n) is 2.76. The molecule has 0 spiro atoms. The van der Waals surface area contributed by atoms with Gasteiger partial charge in [0.05, 0.1) is 4.91 Å². The zero-order valence-electron chi connectivity index (χ0n) is 14.2. The molecule has 0 atom stereocenters. The Morgan fingerprint density at radius 2 is 2.00 bits per heavy atom. The molecule has 2 aromatic carbocycles. The summed E-state index contributed by atoms with van der Waals surface area (Å²) in [7, 11) is 0. The van der Waals surface area contributed by atoms with Crippen LogP contribution < -0.4 is 0 Å². The average molecular weight is 401 g/mol. The van der Waals surface area contributed by atoms with Gasteiger partial charge in [-0.2, -0.15) is 0 Å². The van der Waals surface area contributed by atoms with Gasteiger partial charge in [-0.3, -0.25) is 14.5 Å². The molecule has 1 heterocycles. The van der Waals surface area contributed by atoms with Crippen LogP contribution >= 0.6 is 24.0 Å². The lowest BCUT2D eigenvalue weighted by Gasteiger charge is -2.13. The van der Waals surface area contributed by atoms with Gasteiger partial charge < -0.3 is 5.11 Å². The lowest BCUT2D eigenvalue weighted by Crippen LogP contribution is -2.29. The van der Waals surface area contributed by atoms with Crippen LogP contribution in [0.5, 0.6) is 0 Å². The summed E-state index contributed by atoms with van der Waals surface area (Å²) in [5, 5.41) is 8.74. The standard InChI is InChI=1S/C20H16FNO3S2/c21-15-7-3-6-13(11-15)16-8-2-1-5-14(16)12-17-19(25)22(20(26)27-17)10-4-9-18(23)24/h1-3,5-8,11-12H,4,9-10H2,(H,23,24). The van der Waals surface area contributed by atoms with E-state index in [1.807, 2.05) is 30.3 Å². The third-order valence-electron chi connectivity index (χ3n) is 4.03. The van der Waals surface area contributed by atoms with E-state index in [0.29, 0.717) is 15.6 Å². The van der Waals surface area contributed by atoms with Gasteiger partial charge in [-0.1, -0.05) is 60.4 Å². The maximum absolute atomic E-state index is 13.6. The monoisotopic (exact) mass is 401 g/mol. The highest BCUT2D eigenvalue weighted by atomic mass is 32.2. The highest BCUT2D eigenvalue weighted by molar-refractivity contribution is 8.26. The predicted octanol–water partition coefficient (Wildman–Crippen LogP) is 4.56. The smallest absolute Gasteiger partial charge is 0.303 e. The number of halogens is 1. The second-order valence-corrected chi connectivity index (χ2v) is 7.60. The number of thioether (sulfide) groups is 1. The molecule has 27 heavy (non-hydrogen) atoms. The van der Waals surface area contributed by atoms with E-state index in [1.165, 1.54) is 28.8 Å². The van der Waals surface area contributed by atoms with Crippen LogP contribution in [0, 0.1) is 5.82 Å². The van der Waals surface area contributed by atoms with Gasteiger partial charge in [-0.25, -0.2) is 4.39 Å². The highest BCUT2D eigenvalue weighted by Crippen LogP contribution is 2.35. The van der Waals surface area contributed by atoms with Crippen molar-refractivity contribution in [3.8, 4) is 11.1 Å². The Hall–Kier alpha value is -2.51. The van der Waals surface area contributed by atoms with E-state index in [9.17, 15) is 14.0 Å². The van der Waals surface area contributed by atoms with Crippen molar-refractivity contribution in [2.45, 2.75) is 12.8 Å². The van der Waals surface area contributed by atoms with Crippen molar-refractivity contribution in [3.63, 3.8) is 0 Å². The summed E-state index contributed by atoms with van der Waals surface area (Å²) in [6, 6.07) is 13.7. The topological polar surface area (TPSA) is 57.6 Å². The number of carboxylic acids is 1. The van der Waals surface area contributed by atoms with E-state index in [1.54, 1.807) is 12.1 Å². The molecule has 3 rings (SSSR count). The molecule has 0 bridgehead atoms. The van der Waals surface area contributed by atoms with Crippen molar-refractivity contribution in [2.24, 2.45) is 0 Å². The van der Waals surface area contributed by atoms with E-state index < -0.39 is 5.97 Å². The maximum atomic E-state index is 13.6. The summed E-state index contributed by atoms with van der Waals surface area (Å²) in [4.78, 5) is 25.2. The number of rotatable bonds is 6. The molecule has 0 saturated carbocycles. The molecule has 1 aliphatic heterocycles. The molecule has 1 amide bonds. The zero-order chi connectivity index (χ0) is 19.4. The molecule has 1 aliphatic rings. The van der Waals surface area contributed by atoms with Crippen LogP contribution in [-0.4, -0.2) is 32.7 Å². The van der Waals surface area contributed by atoms with Gasteiger partial charge in [0.15, 0.2) is 0 Å². The number of carbonyl (C=O) groups excluding carboxylic acids is 1. The van der Waals surface area contributed by atoms with Gasteiger partial charge in [0.1, 0.15) is 10.1 Å². The quantitative estimate of drug-likeness (QED) is 0.568. The Labute approximate surface area is 165 Å². The fraction of sp³-hybridized carbons (Fsp3) is 0.150. The van der Waals surface area contributed by atoms with Crippen molar-refractivity contribution in [2.75, 3.05) is 6.54 Å². The van der Waals surface area contributed by atoms with Gasteiger partial charge >= 0.3 is 5.97 Å². The fourth-order valence-corrected chi connectivity index (χ4v) is 4.06. The van der Waals surface area contributed by atoms with Crippen molar-refractivity contribution in [1.29, 1.82) is 0 Å². The van der Waals surface area contributed by atoms with Crippen LogP contribution in [0.1, 0.15) is 18.4 Å². The number of benzene rings is 2. The van der Waals surface area contributed by atoms with Crippen LogP contribution in [0.25, 0.3) is 17.2 Å². The predicted molar refractivity (Wildman–Crippen MR) is 109 cm³/mol. The van der Waals surface area contributed by atoms with Crippen LogP contribution in [0.15, 0.2) is 53.4 Å². The number of hydrogen-bond acceptors (Lipinski definition) is 4. The molecule has 138 valence electrons. The van der Waals surface area contributed by atoms with Crippen molar-refractivity contribution in [3.05, 3.63) is 64.8 Å². The summed E-state index contributed by atoms with van der Waals surface area (Å²) in [5.74, 6) is -1.46. The normalized spacial score (nSPS) is 15.6. The van der Waals surface area contributed by atoms with Crippen LogP contribution in [0.3, 0.4) is 0 Å². The summed E-state index contributed by atoms with van der Waals surface area (Å²) >= 11 is 6.45. The minimum absolute atomic E-state index is 0.0154. The molecule has 1 saturated heterocycles. The van der Waals surface area contributed by atoms with Crippen LogP contribution in [-0.2, 0) is 9.59 Å². The molecule has 0 unspecified atom stereocenters. The Morgan fingerprint density at radius 3 is 2.74 bits per heavy atom. The molecule has 1 N–H and O–H groups in total. The molecule has 1 fully saturated rings.